The van der Waals surface area contributed by atoms with Crippen molar-refractivity contribution < 1.29 is 19.1 Å². The SMILES string of the molecule is NC(=O)Nc1sc(-c2ccc(/C=C/C[C@H](N)C(=O)OC3CCCC3)cc2Cl)cc1C(N)=O. The van der Waals surface area contributed by atoms with Crippen molar-refractivity contribution >= 4 is 51.9 Å². The summed E-state index contributed by atoms with van der Waals surface area (Å²) < 4.78 is 5.43. The quantitative estimate of drug-likeness (QED) is 0.426. The molecule has 8 nitrogen and oxygen atoms in total. The number of hydrogen-bond acceptors (Lipinski definition) is 6. The van der Waals surface area contributed by atoms with Gasteiger partial charge in [0.25, 0.3) is 5.91 Å². The molecule has 0 bridgehead atoms. The third-order valence-electron chi connectivity index (χ3n) is 5.08. The van der Waals surface area contributed by atoms with E-state index in [0.717, 1.165) is 42.6 Å². The summed E-state index contributed by atoms with van der Waals surface area (Å²) in [7, 11) is 0. The lowest BCUT2D eigenvalue weighted by Crippen LogP contribution is -2.33. The molecule has 0 spiro atoms. The molecule has 2 aromatic rings. The monoisotopic (exact) mass is 476 g/mol. The molecule has 170 valence electrons. The number of thiophene rings is 1. The first-order chi connectivity index (χ1) is 15.2. The van der Waals surface area contributed by atoms with Crippen molar-refractivity contribution in [2.45, 2.75) is 44.2 Å². The van der Waals surface area contributed by atoms with Crippen molar-refractivity contribution in [1.29, 1.82) is 0 Å². The van der Waals surface area contributed by atoms with Gasteiger partial charge in [-0.3, -0.25) is 14.9 Å². The Morgan fingerprint density at radius 2 is 1.94 bits per heavy atom. The Morgan fingerprint density at radius 1 is 1.22 bits per heavy atom. The van der Waals surface area contributed by atoms with Gasteiger partial charge in [0.15, 0.2) is 0 Å². The van der Waals surface area contributed by atoms with Gasteiger partial charge in [-0.1, -0.05) is 35.9 Å². The van der Waals surface area contributed by atoms with Gasteiger partial charge in [0.05, 0.1) is 5.56 Å². The highest BCUT2D eigenvalue weighted by molar-refractivity contribution is 7.20. The summed E-state index contributed by atoms with van der Waals surface area (Å²) in [5, 5.41) is 3.11. The highest BCUT2D eigenvalue weighted by atomic mass is 35.5. The van der Waals surface area contributed by atoms with Gasteiger partial charge in [0.2, 0.25) is 0 Å². The standard InChI is InChI=1S/C22H25ClN4O4S/c23-16-10-12(4-3-7-17(24)21(29)31-13-5-1-2-6-13)8-9-14(16)18-11-15(19(25)28)20(32-18)27-22(26)30/h3-4,8-11,13,17H,1-2,5-7,24H2,(H2,25,28)(H3,26,27,30)/b4-3+/t17-/m0/s1. The molecule has 1 atom stereocenters. The first-order valence-electron chi connectivity index (χ1n) is 10.2. The molecule has 0 unspecified atom stereocenters. The van der Waals surface area contributed by atoms with Crippen LogP contribution in [0.2, 0.25) is 5.02 Å². The summed E-state index contributed by atoms with van der Waals surface area (Å²) in [6.07, 6.45) is 7.95. The van der Waals surface area contributed by atoms with Crippen LogP contribution in [0.1, 0.15) is 48.0 Å². The van der Waals surface area contributed by atoms with E-state index in [9.17, 15) is 14.4 Å². The Labute approximate surface area is 194 Å². The largest absolute Gasteiger partial charge is 0.461 e. The van der Waals surface area contributed by atoms with Gasteiger partial charge in [0, 0.05) is 15.5 Å². The molecule has 1 aliphatic rings. The summed E-state index contributed by atoms with van der Waals surface area (Å²) in [5.74, 6) is -1.06. The first-order valence-corrected chi connectivity index (χ1v) is 11.4. The second kappa shape index (κ2) is 10.6. The summed E-state index contributed by atoms with van der Waals surface area (Å²) >= 11 is 7.59. The van der Waals surface area contributed by atoms with Crippen LogP contribution in [0, 0.1) is 0 Å². The molecule has 1 aromatic carbocycles. The number of nitrogens with two attached hydrogens (primary N) is 3. The van der Waals surface area contributed by atoms with Crippen LogP contribution < -0.4 is 22.5 Å². The van der Waals surface area contributed by atoms with Crippen molar-refractivity contribution in [2.75, 3.05) is 5.32 Å². The molecule has 32 heavy (non-hydrogen) atoms. The maximum atomic E-state index is 12.1. The molecule has 0 aliphatic heterocycles. The van der Waals surface area contributed by atoms with E-state index in [1.165, 1.54) is 0 Å². The van der Waals surface area contributed by atoms with E-state index in [1.54, 1.807) is 24.3 Å². The number of ether oxygens (including phenoxy) is 1. The fourth-order valence-electron chi connectivity index (χ4n) is 3.45. The zero-order chi connectivity index (χ0) is 23.3. The van der Waals surface area contributed by atoms with Gasteiger partial charge in [-0.15, -0.1) is 11.3 Å². The van der Waals surface area contributed by atoms with Crippen LogP contribution in [0.15, 0.2) is 30.3 Å². The van der Waals surface area contributed by atoms with Crippen molar-refractivity contribution in [2.24, 2.45) is 17.2 Å². The number of primary amides is 2. The molecule has 1 fully saturated rings. The first kappa shape index (κ1) is 23.8. The van der Waals surface area contributed by atoms with Gasteiger partial charge >= 0.3 is 12.0 Å². The van der Waals surface area contributed by atoms with E-state index in [2.05, 4.69) is 5.32 Å². The van der Waals surface area contributed by atoms with Crippen LogP contribution in [0.3, 0.4) is 0 Å². The van der Waals surface area contributed by atoms with Crippen molar-refractivity contribution in [3.05, 3.63) is 46.5 Å². The predicted octanol–water partition coefficient (Wildman–Crippen LogP) is 3.87. The molecular formula is C22H25ClN4O4S. The maximum Gasteiger partial charge on any atom is 0.323 e. The number of halogens is 1. The maximum absolute atomic E-state index is 12.1. The van der Waals surface area contributed by atoms with Crippen molar-refractivity contribution in [3.63, 3.8) is 0 Å². The number of benzene rings is 1. The van der Waals surface area contributed by atoms with Crippen molar-refractivity contribution in [3.8, 4) is 10.4 Å². The molecule has 10 heteroatoms. The zero-order valence-corrected chi connectivity index (χ0v) is 18.9. The molecule has 1 saturated carbocycles. The number of carbonyl (C=O) groups is 3. The molecule has 1 aromatic heterocycles. The lowest BCUT2D eigenvalue weighted by molar-refractivity contribution is -0.150. The van der Waals surface area contributed by atoms with E-state index in [4.69, 9.17) is 33.5 Å². The third-order valence-corrected chi connectivity index (χ3v) is 6.48. The molecule has 1 heterocycles. The van der Waals surface area contributed by atoms with E-state index in [0.29, 0.717) is 21.9 Å². The van der Waals surface area contributed by atoms with E-state index < -0.39 is 18.0 Å². The van der Waals surface area contributed by atoms with E-state index in [1.807, 2.05) is 12.1 Å². The highest BCUT2D eigenvalue weighted by Gasteiger charge is 2.22. The topological polar surface area (TPSA) is 151 Å². The highest BCUT2D eigenvalue weighted by Crippen LogP contribution is 2.39. The molecule has 7 N–H and O–H groups in total. The number of esters is 1. The third kappa shape index (κ3) is 6.09. The number of urea groups is 1. The lowest BCUT2D eigenvalue weighted by Gasteiger charge is -2.14. The summed E-state index contributed by atoms with van der Waals surface area (Å²) in [6.45, 7) is 0. The van der Waals surface area contributed by atoms with E-state index >= 15 is 0 Å². The van der Waals surface area contributed by atoms with Gasteiger partial charge in [-0.2, -0.15) is 0 Å². The smallest absolute Gasteiger partial charge is 0.323 e. The predicted molar refractivity (Wildman–Crippen MR) is 126 cm³/mol. The minimum atomic E-state index is -0.794. The number of anilines is 1. The lowest BCUT2D eigenvalue weighted by atomic mass is 10.1. The zero-order valence-electron chi connectivity index (χ0n) is 17.3. The average Bonchev–Trinajstić information content (AvgIpc) is 3.37. The summed E-state index contributed by atoms with van der Waals surface area (Å²) in [6, 6.07) is 5.44. The minimum Gasteiger partial charge on any atom is -0.461 e. The number of nitrogens with one attached hydrogen (secondary N) is 1. The molecule has 3 amide bonds. The normalized spacial score (nSPS) is 15.1. The molecule has 3 rings (SSSR count). The van der Waals surface area contributed by atoms with Crippen LogP contribution in [0.5, 0.6) is 0 Å². The number of hydrogen-bond donors (Lipinski definition) is 4. The van der Waals surface area contributed by atoms with Crippen LogP contribution in [-0.2, 0) is 9.53 Å². The summed E-state index contributed by atoms with van der Waals surface area (Å²) in [5.41, 5.74) is 18.1. The Kier molecular flexibility index (Phi) is 7.89. The van der Waals surface area contributed by atoms with Gasteiger partial charge < -0.3 is 21.9 Å². The fourth-order valence-corrected chi connectivity index (χ4v) is 4.90. The Balaban J connectivity index is 1.66. The van der Waals surface area contributed by atoms with E-state index in [-0.39, 0.29) is 22.6 Å². The molecular weight excluding hydrogens is 452 g/mol. The molecule has 0 radical (unpaired) electrons. The van der Waals surface area contributed by atoms with Gasteiger partial charge in [0.1, 0.15) is 17.1 Å². The number of carbonyl (C=O) groups excluding carboxylic acids is 3. The summed E-state index contributed by atoms with van der Waals surface area (Å²) in [4.78, 5) is 35.6. The Hall–Kier alpha value is -2.88. The van der Waals surface area contributed by atoms with Crippen molar-refractivity contribution in [1.82, 2.24) is 0 Å². The number of rotatable bonds is 8. The van der Waals surface area contributed by atoms with Crippen LogP contribution in [-0.4, -0.2) is 30.1 Å². The minimum absolute atomic E-state index is 0.00472. The van der Waals surface area contributed by atoms with Crippen LogP contribution in [0.25, 0.3) is 16.5 Å². The Morgan fingerprint density at radius 3 is 2.56 bits per heavy atom. The van der Waals surface area contributed by atoms with Gasteiger partial charge in [-0.25, -0.2) is 4.79 Å². The second-order valence-electron chi connectivity index (χ2n) is 7.53. The average molecular weight is 477 g/mol. The van der Waals surface area contributed by atoms with Crippen LogP contribution >= 0.6 is 22.9 Å². The van der Waals surface area contributed by atoms with Crippen LogP contribution in [0.4, 0.5) is 9.80 Å². The molecule has 0 saturated heterocycles. The molecule has 1 aliphatic carbocycles. The van der Waals surface area contributed by atoms with Gasteiger partial charge in [-0.05, 0) is 49.8 Å². The Bertz CT molecular complexity index is 1050. The number of amides is 3. The fraction of sp³-hybridized carbons (Fsp3) is 0.318. The second-order valence-corrected chi connectivity index (χ2v) is 8.99.